The van der Waals surface area contributed by atoms with E-state index < -0.39 is 0 Å². The van der Waals surface area contributed by atoms with Crippen LogP contribution in [0.25, 0.3) is 0 Å². The van der Waals surface area contributed by atoms with Gasteiger partial charge in [0, 0.05) is 13.0 Å². The molecular formula is C14H22ClN3O3. The Balaban J connectivity index is 2.20. The first-order chi connectivity index (χ1) is 9.95. The smallest absolute Gasteiger partial charge is 0.305 e. The number of nitrogens with one attached hydrogen (secondary N) is 1. The number of aromatic nitrogens is 2. The lowest BCUT2D eigenvalue weighted by Crippen LogP contribution is -2.29. The highest BCUT2D eigenvalue weighted by molar-refractivity contribution is 6.31. The first-order valence-electron chi connectivity index (χ1n) is 6.98. The molecule has 118 valence electrons. The molecule has 7 heteroatoms. The van der Waals surface area contributed by atoms with E-state index in [1.807, 2.05) is 13.8 Å². The highest BCUT2D eigenvalue weighted by Crippen LogP contribution is 2.18. The largest absolute Gasteiger partial charge is 0.469 e. The molecule has 1 aromatic heterocycles. The van der Waals surface area contributed by atoms with Gasteiger partial charge in [-0.05, 0) is 26.7 Å². The van der Waals surface area contributed by atoms with Gasteiger partial charge in [-0.2, -0.15) is 5.10 Å². The zero-order valence-electron chi connectivity index (χ0n) is 12.7. The number of nitrogens with zero attached hydrogens (tertiary/aromatic N) is 2. The lowest BCUT2D eigenvalue weighted by Gasteiger charge is -2.06. The van der Waals surface area contributed by atoms with Crippen molar-refractivity contribution in [1.29, 1.82) is 0 Å². The predicted octanol–water partition coefficient (Wildman–Crippen LogP) is 2.00. The molecule has 1 heterocycles. The van der Waals surface area contributed by atoms with Gasteiger partial charge in [0.15, 0.2) is 0 Å². The second-order valence-electron chi connectivity index (χ2n) is 4.88. The van der Waals surface area contributed by atoms with Crippen LogP contribution in [-0.2, 0) is 20.9 Å². The number of halogens is 1. The van der Waals surface area contributed by atoms with Crippen LogP contribution in [0, 0.1) is 13.8 Å². The molecule has 0 aromatic carbocycles. The van der Waals surface area contributed by atoms with Crippen LogP contribution in [0.3, 0.4) is 0 Å². The topological polar surface area (TPSA) is 73.2 Å². The summed E-state index contributed by atoms with van der Waals surface area (Å²) in [5, 5.41) is 7.64. The Labute approximate surface area is 129 Å². The van der Waals surface area contributed by atoms with Crippen LogP contribution in [0.15, 0.2) is 0 Å². The predicted molar refractivity (Wildman–Crippen MR) is 80.2 cm³/mol. The molecule has 0 atom stereocenters. The summed E-state index contributed by atoms with van der Waals surface area (Å²) in [6.07, 6.45) is 2.91. The van der Waals surface area contributed by atoms with Crippen molar-refractivity contribution in [3.8, 4) is 0 Å². The second kappa shape index (κ2) is 8.67. The molecule has 0 aliphatic carbocycles. The van der Waals surface area contributed by atoms with E-state index in [2.05, 4.69) is 15.2 Å². The third kappa shape index (κ3) is 5.75. The molecule has 0 saturated heterocycles. The molecule has 1 N–H and O–H groups in total. The Morgan fingerprint density at radius 1 is 1.29 bits per heavy atom. The zero-order chi connectivity index (χ0) is 15.8. The molecule has 0 radical (unpaired) electrons. The van der Waals surface area contributed by atoms with Crippen molar-refractivity contribution in [2.24, 2.45) is 0 Å². The molecule has 1 amide bonds. The van der Waals surface area contributed by atoms with Gasteiger partial charge >= 0.3 is 5.97 Å². The van der Waals surface area contributed by atoms with Gasteiger partial charge < -0.3 is 10.1 Å². The van der Waals surface area contributed by atoms with Gasteiger partial charge in [0.2, 0.25) is 5.91 Å². The van der Waals surface area contributed by atoms with Crippen molar-refractivity contribution in [2.45, 2.75) is 46.1 Å². The van der Waals surface area contributed by atoms with Crippen molar-refractivity contribution < 1.29 is 14.3 Å². The van der Waals surface area contributed by atoms with E-state index in [0.29, 0.717) is 18.0 Å². The highest BCUT2D eigenvalue weighted by atomic mass is 35.5. The normalized spacial score (nSPS) is 10.5. The Hall–Kier alpha value is -1.56. The summed E-state index contributed by atoms with van der Waals surface area (Å²) in [4.78, 5) is 22.7. The van der Waals surface area contributed by atoms with Gasteiger partial charge in [-0.3, -0.25) is 14.3 Å². The van der Waals surface area contributed by atoms with Crippen LogP contribution in [0.5, 0.6) is 0 Å². The second-order valence-corrected chi connectivity index (χ2v) is 5.26. The van der Waals surface area contributed by atoms with Gasteiger partial charge in [-0.15, -0.1) is 0 Å². The molecule has 0 aliphatic rings. The summed E-state index contributed by atoms with van der Waals surface area (Å²) < 4.78 is 6.16. The van der Waals surface area contributed by atoms with Crippen LogP contribution in [0.4, 0.5) is 0 Å². The van der Waals surface area contributed by atoms with Gasteiger partial charge in [-0.25, -0.2) is 0 Å². The maximum atomic E-state index is 11.8. The van der Waals surface area contributed by atoms with Crippen molar-refractivity contribution in [3.63, 3.8) is 0 Å². The lowest BCUT2D eigenvalue weighted by atomic mass is 10.2. The molecule has 0 bridgehead atoms. The summed E-state index contributed by atoms with van der Waals surface area (Å²) in [6, 6.07) is 0. The van der Waals surface area contributed by atoms with Gasteiger partial charge in [-0.1, -0.05) is 18.0 Å². The van der Waals surface area contributed by atoms with Crippen molar-refractivity contribution >= 4 is 23.5 Å². The summed E-state index contributed by atoms with van der Waals surface area (Å²) >= 11 is 6.03. The van der Waals surface area contributed by atoms with E-state index in [1.165, 1.54) is 7.11 Å². The van der Waals surface area contributed by atoms with E-state index in [9.17, 15) is 9.59 Å². The molecule has 1 aromatic rings. The first kappa shape index (κ1) is 17.5. The number of hydrogen-bond acceptors (Lipinski definition) is 4. The van der Waals surface area contributed by atoms with Crippen LogP contribution in [0.1, 0.15) is 37.1 Å². The number of amides is 1. The minimum absolute atomic E-state index is 0.0924. The summed E-state index contributed by atoms with van der Waals surface area (Å²) in [5.74, 6) is -0.286. The fourth-order valence-corrected chi connectivity index (χ4v) is 2.06. The van der Waals surface area contributed by atoms with Crippen LogP contribution < -0.4 is 5.32 Å². The number of carbonyl (C=O) groups excluding carboxylic acids is 2. The minimum Gasteiger partial charge on any atom is -0.469 e. The van der Waals surface area contributed by atoms with E-state index in [1.54, 1.807) is 4.68 Å². The van der Waals surface area contributed by atoms with Gasteiger partial charge in [0.1, 0.15) is 6.54 Å². The number of hydrogen-bond donors (Lipinski definition) is 1. The van der Waals surface area contributed by atoms with Crippen molar-refractivity contribution in [1.82, 2.24) is 15.1 Å². The number of carbonyl (C=O) groups is 2. The summed E-state index contributed by atoms with van der Waals surface area (Å²) in [7, 11) is 1.38. The third-order valence-corrected chi connectivity index (χ3v) is 3.74. The highest BCUT2D eigenvalue weighted by Gasteiger charge is 2.11. The monoisotopic (exact) mass is 315 g/mol. The lowest BCUT2D eigenvalue weighted by molar-refractivity contribution is -0.140. The van der Waals surface area contributed by atoms with E-state index in [-0.39, 0.29) is 18.4 Å². The maximum Gasteiger partial charge on any atom is 0.305 e. The Bertz CT molecular complexity index is 500. The average Bonchev–Trinajstić information content (AvgIpc) is 2.69. The number of methoxy groups -OCH3 is 1. The molecule has 0 unspecified atom stereocenters. The number of ether oxygens (including phenoxy) is 1. The van der Waals surface area contributed by atoms with E-state index >= 15 is 0 Å². The van der Waals surface area contributed by atoms with Gasteiger partial charge in [0.25, 0.3) is 0 Å². The Kier molecular flexibility index (Phi) is 7.22. The standard InChI is InChI=1S/C14H22ClN3O3/c1-10-14(15)11(2)18(17-10)9-12(19)16-8-6-4-5-7-13(20)21-3/h4-9H2,1-3H3,(H,16,19). The van der Waals surface area contributed by atoms with Gasteiger partial charge in [0.05, 0.1) is 23.5 Å². The number of esters is 1. The summed E-state index contributed by atoms with van der Waals surface area (Å²) in [5.41, 5.74) is 1.52. The Morgan fingerprint density at radius 3 is 2.57 bits per heavy atom. The Morgan fingerprint density at radius 2 is 2.00 bits per heavy atom. The van der Waals surface area contributed by atoms with E-state index in [4.69, 9.17) is 11.6 Å². The number of rotatable bonds is 8. The SMILES string of the molecule is COC(=O)CCCCCNC(=O)Cn1nc(C)c(Cl)c1C. The fraction of sp³-hybridized carbons (Fsp3) is 0.643. The number of unbranched alkanes of at least 4 members (excludes halogenated alkanes) is 2. The van der Waals surface area contributed by atoms with Crippen LogP contribution in [-0.4, -0.2) is 35.3 Å². The molecule has 0 saturated carbocycles. The van der Waals surface area contributed by atoms with Crippen molar-refractivity contribution in [3.05, 3.63) is 16.4 Å². The third-order valence-electron chi connectivity index (χ3n) is 3.19. The van der Waals surface area contributed by atoms with E-state index in [0.717, 1.165) is 30.7 Å². The first-order valence-corrected chi connectivity index (χ1v) is 7.36. The van der Waals surface area contributed by atoms with Crippen LogP contribution >= 0.6 is 11.6 Å². The average molecular weight is 316 g/mol. The summed E-state index contributed by atoms with van der Waals surface area (Å²) in [6.45, 7) is 4.40. The zero-order valence-corrected chi connectivity index (χ0v) is 13.5. The molecule has 0 aliphatic heterocycles. The quantitative estimate of drug-likeness (QED) is 0.588. The van der Waals surface area contributed by atoms with Crippen molar-refractivity contribution in [2.75, 3.05) is 13.7 Å². The molecule has 0 spiro atoms. The molecule has 6 nitrogen and oxygen atoms in total. The molecule has 1 rings (SSSR count). The minimum atomic E-state index is -0.194. The van der Waals surface area contributed by atoms with Crippen LogP contribution in [0.2, 0.25) is 5.02 Å². The molecule has 0 fully saturated rings. The molecule has 21 heavy (non-hydrogen) atoms. The molecular weight excluding hydrogens is 294 g/mol. The fourth-order valence-electron chi connectivity index (χ4n) is 1.92. The maximum absolute atomic E-state index is 11.8. The number of aryl methyl sites for hydroxylation is 1.